The minimum atomic E-state index is -2.66. The molecule has 5 heteroatoms. The van der Waals surface area contributed by atoms with Gasteiger partial charge in [-0.2, -0.15) is 0 Å². The predicted molar refractivity (Wildman–Crippen MR) is 75.3 cm³/mol. The third-order valence-corrected chi connectivity index (χ3v) is 3.58. The first-order chi connectivity index (χ1) is 8.99. The SMILES string of the molecule is CC(C)CC(C[PH](=O)O)C(=O)OCc1ccccc1. The lowest BCUT2D eigenvalue weighted by atomic mass is 9.99. The molecule has 0 fully saturated rings. The first-order valence-corrected chi connectivity index (χ1v) is 7.97. The van der Waals surface area contributed by atoms with E-state index in [1.807, 2.05) is 44.2 Å². The Balaban J connectivity index is 2.54. The van der Waals surface area contributed by atoms with Gasteiger partial charge in [-0.05, 0) is 17.9 Å². The van der Waals surface area contributed by atoms with Gasteiger partial charge in [0.05, 0.1) is 5.92 Å². The van der Waals surface area contributed by atoms with Crippen LogP contribution >= 0.6 is 8.03 Å². The topological polar surface area (TPSA) is 63.6 Å². The first kappa shape index (κ1) is 15.9. The van der Waals surface area contributed by atoms with E-state index in [1.165, 1.54) is 0 Å². The number of rotatable bonds is 7. The summed E-state index contributed by atoms with van der Waals surface area (Å²) in [5.74, 6) is -0.583. The zero-order chi connectivity index (χ0) is 14.3. The highest BCUT2D eigenvalue weighted by atomic mass is 31.1. The van der Waals surface area contributed by atoms with Crippen LogP contribution in [0.5, 0.6) is 0 Å². The Kier molecular flexibility index (Phi) is 6.82. The van der Waals surface area contributed by atoms with Gasteiger partial charge in [-0.25, -0.2) is 0 Å². The van der Waals surface area contributed by atoms with Gasteiger partial charge in [0.1, 0.15) is 6.61 Å². The van der Waals surface area contributed by atoms with E-state index in [0.29, 0.717) is 6.42 Å². The Bertz CT molecular complexity index is 417. The second-order valence-corrected chi connectivity index (χ2v) is 6.21. The fourth-order valence-corrected chi connectivity index (χ4v) is 2.64. The number of carbonyl (C=O) groups is 1. The first-order valence-electron chi connectivity index (χ1n) is 6.41. The molecule has 19 heavy (non-hydrogen) atoms. The monoisotopic (exact) mass is 284 g/mol. The zero-order valence-corrected chi connectivity index (χ0v) is 12.3. The van der Waals surface area contributed by atoms with Crippen LogP contribution in [0.2, 0.25) is 0 Å². The van der Waals surface area contributed by atoms with E-state index in [2.05, 4.69) is 0 Å². The fourth-order valence-electron chi connectivity index (χ4n) is 1.89. The van der Waals surface area contributed by atoms with Crippen LogP contribution in [-0.2, 0) is 20.7 Å². The van der Waals surface area contributed by atoms with Crippen molar-refractivity contribution < 1.29 is 19.0 Å². The second kappa shape index (κ2) is 8.13. The van der Waals surface area contributed by atoms with Crippen LogP contribution in [0.1, 0.15) is 25.8 Å². The number of carbonyl (C=O) groups excluding carboxylic acids is 1. The summed E-state index contributed by atoms with van der Waals surface area (Å²) >= 11 is 0. The number of benzene rings is 1. The summed E-state index contributed by atoms with van der Waals surface area (Å²) in [7, 11) is -2.66. The molecule has 4 nitrogen and oxygen atoms in total. The van der Waals surface area contributed by atoms with Crippen molar-refractivity contribution in [3.8, 4) is 0 Å². The van der Waals surface area contributed by atoms with Gasteiger partial charge in [0, 0.05) is 6.16 Å². The average Bonchev–Trinajstić information content (AvgIpc) is 2.35. The van der Waals surface area contributed by atoms with Crippen molar-refractivity contribution in [2.75, 3.05) is 6.16 Å². The maximum atomic E-state index is 11.9. The zero-order valence-electron chi connectivity index (χ0n) is 11.3. The quantitative estimate of drug-likeness (QED) is 0.617. The average molecular weight is 284 g/mol. The Morgan fingerprint density at radius 3 is 2.47 bits per heavy atom. The summed E-state index contributed by atoms with van der Waals surface area (Å²) < 4.78 is 16.2. The highest BCUT2D eigenvalue weighted by Crippen LogP contribution is 2.24. The number of ether oxygens (including phenoxy) is 1. The summed E-state index contributed by atoms with van der Waals surface area (Å²) in [6.07, 6.45) is 0.584. The van der Waals surface area contributed by atoms with E-state index in [-0.39, 0.29) is 24.7 Å². The van der Waals surface area contributed by atoms with Crippen molar-refractivity contribution >= 4 is 14.0 Å². The molecule has 2 unspecified atom stereocenters. The summed E-state index contributed by atoms with van der Waals surface area (Å²) in [6, 6.07) is 9.40. The van der Waals surface area contributed by atoms with Crippen molar-refractivity contribution in [2.45, 2.75) is 26.9 Å². The van der Waals surface area contributed by atoms with E-state index >= 15 is 0 Å². The molecule has 0 aromatic heterocycles. The van der Waals surface area contributed by atoms with Gasteiger partial charge < -0.3 is 9.63 Å². The van der Waals surface area contributed by atoms with Crippen LogP contribution in [-0.4, -0.2) is 17.0 Å². The molecule has 0 aliphatic rings. The van der Waals surface area contributed by atoms with Gasteiger partial charge in [-0.15, -0.1) is 0 Å². The predicted octanol–water partition coefficient (Wildman–Crippen LogP) is 2.86. The summed E-state index contributed by atoms with van der Waals surface area (Å²) in [6.45, 7) is 4.17. The lowest BCUT2D eigenvalue weighted by Gasteiger charge is -2.16. The molecule has 0 spiro atoms. The van der Waals surface area contributed by atoms with E-state index in [1.54, 1.807) is 0 Å². The van der Waals surface area contributed by atoms with Crippen molar-refractivity contribution in [1.82, 2.24) is 0 Å². The maximum Gasteiger partial charge on any atom is 0.309 e. The van der Waals surface area contributed by atoms with Crippen LogP contribution in [0.25, 0.3) is 0 Å². The Morgan fingerprint density at radius 2 is 1.95 bits per heavy atom. The van der Waals surface area contributed by atoms with Gasteiger partial charge >= 0.3 is 5.97 Å². The van der Waals surface area contributed by atoms with Crippen molar-refractivity contribution in [2.24, 2.45) is 11.8 Å². The number of esters is 1. The summed E-state index contributed by atoms with van der Waals surface area (Å²) in [4.78, 5) is 20.9. The van der Waals surface area contributed by atoms with Crippen LogP contribution in [0.15, 0.2) is 30.3 Å². The molecule has 1 aromatic rings. The standard InChI is InChI=1S/C14H21O4P/c1-11(2)8-13(10-19(16)17)14(15)18-9-12-6-4-3-5-7-12/h3-7,11,13,19H,8-10H2,1-2H3,(H,16,17). The van der Waals surface area contributed by atoms with Crippen LogP contribution in [0, 0.1) is 11.8 Å². The molecule has 106 valence electrons. The Labute approximate surface area is 114 Å². The molecule has 0 bridgehead atoms. The molecule has 0 radical (unpaired) electrons. The largest absolute Gasteiger partial charge is 0.461 e. The number of hydrogen-bond acceptors (Lipinski definition) is 3. The van der Waals surface area contributed by atoms with Crippen LogP contribution in [0.4, 0.5) is 0 Å². The fraction of sp³-hybridized carbons (Fsp3) is 0.500. The van der Waals surface area contributed by atoms with E-state index in [9.17, 15) is 9.36 Å². The molecular formula is C14H21O4P. The molecular weight excluding hydrogens is 263 g/mol. The molecule has 0 aliphatic heterocycles. The summed E-state index contributed by atoms with van der Waals surface area (Å²) in [5, 5.41) is 0. The van der Waals surface area contributed by atoms with E-state index in [0.717, 1.165) is 5.56 Å². The molecule has 0 saturated heterocycles. The molecule has 0 saturated carbocycles. The van der Waals surface area contributed by atoms with E-state index < -0.39 is 13.9 Å². The van der Waals surface area contributed by atoms with Gasteiger partial charge in [-0.3, -0.25) is 9.36 Å². The van der Waals surface area contributed by atoms with E-state index in [4.69, 9.17) is 9.63 Å². The lowest BCUT2D eigenvalue weighted by Crippen LogP contribution is -2.21. The third-order valence-electron chi connectivity index (χ3n) is 2.73. The number of hydrogen-bond donors (Lipinski definition) is 1. The maximum absolute atomic E-state index is 11.9. The smallest absolute Gasteiger partial charge is 0.309 e. The molecule has 1 N–H and O–H groups in total. The summed E-state index contributed by atoms with van der Waals surface area (Å²) in [5.41, 5.74) is 0.913. The van der Waals surface area contributed by atoms with Crippen molar-refractivity contribution in [3.63, 3.8) is 0 Å². The van der Waals surface area contributed by atoms with Crippen LogP contribution in [0.3, 0.4) is 0 Å². The lowest BCUT2D eigenvalue weighted by molar-refractivity contribution is -0.149. The molecule has 0 amide bonds. The van der Waals surface area contributed by atoms with Crippen molar-refractivity contribution in [1.29, 1.82) is 0 Å². The normalized spacial score (nSPS) is 14.1. The third kappa shape index (κ3) is 6.55. The minimum Gasteiger partial charge on any atom is -0.461 e. The molecule has 1 rings (SSSR count). The highest BCUT2D eigenvalue weighted by molar-refractivity contribution is 7.38. The molecule has 0 aliphatic carbocycles. The van der Waals surface area contributed by atoms with Gasteiger partial charge in [0.25, 0.3) is 0 Å². The highest BCUT2D eigenvalue weighted by Gasteiger charge is 2.23. The Hall–Kier alpha value is -1.12. The van der Waals surface area contributed by atoms with Gasteiger partial charge in [-0.1, -0.05) is 44.2 Å². The molecule has 0 heterocycles. The molecule has 1 aromatic carbocycles. The minimum absolute atomic E-state index is 0.0104. The van der Waals surface area contributed by atoms with Gasteiger partial charge in [0.15, 0.2) is 8.03 Å². The molecule has 2 atom stereocenters. The Morgan fingerprint density at radius 1 is 1.32 bits per heavy atom. The second-order valence-electron chi connectivity index (χ2n) is 5.02. The van der Waals surface area contributed by atoms with Crippen molar-refractivity contribution in [3.05, 3.63) is 35.9 Å². The van der Waals surface area contributed by atoms with Crippen LogP contribution < -0.4 is 0 Å². The van der Waals surface area contributed by atoms with Gasteiger partial charge in [0.2, 0.25) is 0 Å².